The van der Waals surface area contributed by atoms with Gasteiger partial charge in [-0.05, 0) is 5.56 Å². The zero-order valence-corrected chi connectivity index (χ0v) is 9.11. The van der Waals surface area contributed by atoms with Crippen molar-refractivity contribution in [3.05, 3.63) is 35.9 Å². The summed E-state index contributed by atoms with van der Waals surface area (Å²) in [5.41, 5.74) is 0.843. The highest BCUT2D eigenvalue weighted by atomic mass is 79.9. The van der Waals surface area contributed by atoms with Crippen molar-refractivity contribution in [2.45, 2.75) is 4.83 Å². The third-order valence-corrected chi connectivity index (χ3v) is 2.54. The summed E-state index contributed by atoms with van der Waals surface area (Å²) in [6, 6.07) is 9.24. The predicted molar refractivity (Wildman–Crippen MR) is 56.2 cm³/mol. The van der Waals surface area contributed by atoms with Crippen LogP contribution in [0.1, 0.15) is 10.4 Å². The summed E-state index contributed by atoms with van der Waals surface area (Å²) in [4.78, 5) is 10.9. The molecular weight excluding hydrogens is 248 g/mol. The molecular formula is C10H11BrO3. The lowest BCUT2D eigenvalue weighted by molar-refractivity contribution is -0.143. The second-order valence-electron chi connectivity index (χ2n) is 2.66. The lowest BCUT2D eigenvalue weighted by Gasteiger charge is -2.08. The van der Waals surface area contributed by atoms with Crippen LogP contribution in [0, 0.1) is 0 Å². The molecule has 0 radical (unpaired) electrons. The fraction of sp³-hybridized carbons (Fsp3) is 0.300. The molecule has 1 aromatic rings. The average molecular weight is 259 g/mol. The molecule has 4 heteroatoms. The molecule has 1 N–H and O–H groups in total. The lowest BCUT2D eigenvalue weighted by Crippen LogP contribution is -2.13. The van der Waals surface area contributed by atoms with Gasteiger partial charge in [0.1, 0.15) is 11.4 Å². The van der Waals surface area contributed by atoms with Gasteiger partial charge < -0.3 is 9.84 Å². The second-order valence-corrected chi connectivity index (χ2v) is 3.58. The number of carbonyl (C=O) groups excluding carboxylic acids is 1. The fourth-order valence-corrected chi connectivity index (χ4v) is 1.41. The number of carbonyl (C=O) groups is 1. The zero-order valence-electron chi connectivity index (χ0n) is 7.52. The van der Waals surface area contributed by atoms with Crippen molar-refractivity contribution < 1.29 is 14.6 Å². The van der Waals surface area contributed by atoms with Crippen LogP contribution in [0.25, 0.3) is 0 Å². The molecule has 0 aliphatic heterocycles. The van der Waals surface area contributed by atoms with Gasteiger partial charge in [0.05, 0.1) is 6.61 Å². The van der Waals surface area contributed by atoms with Crippen LogP contribution in [0.4, 0.5) is 0 Å². The van der Waals surface area contributed by atoms with Crippen molar-refractivity contribution in [3.63, 3.8) is 0 Å². The molecule has 0 bridgehead atoms. The SMILES string of the molecule is O=C(OCCO)C(Br)c1ccccc1. The highest BCUT2D eigenvalue weighted by molar-refractivity contribution is 9.09. The van der Waals surface area contributed by atoms with E-state index in [9.17, 15) is 4.79 Å². The van der Waals surface area contributed by atoms with Crippen LogP contribution in [0.3, 0.4) is 0 Å². The minimum Gasteiger partial charge on any atom is -0.462 e. The quantitative estimate of drug-likeness (QED) is 0.660. The lowest BCUT2D eigenvalue weighted by atomic mass is 10.1. The first-order valence-electron chi connectivity index (χ1n) is 4.22. The highest BCUT2D eigenvalue weighted by Crippen LogP contribution is 2.23. The first-order chi connectivity index (χ1) is 6.75. The number of esters is 1. The Bertz CT molecular complexity index is 287. The van der Waals surface area contributed by atoms with Crippen molar-refractivity contribution in [2.24, 2.45) is 0 Å². The molecule has 1 atom stereocenters. The molecule has 0 spiro atoms. The molecule has 1 rings (SSSR count). The number of ether oxygens (including phenoxy) is 1. The fourth-order valence-electron chi connectivity index (χ4n) is 0.977. The van der Waals surface area contributed by atoms with Gasteiger partial charge in [0, 0.05) is 0 Å². The van der Waals surface area contributed by atoms with E-state index in [4.69, 9.17) is 9.84 Å². The van der Waals surface area contributed by atoms with E-state index in [1.54, 1.807) is 0 Å². The number of halogens is 1. The number of benzene rings is 1. The summed E-state index contributed by atoms with van der Waals surface area (Å²) in [6.07, 6.45) is 0. The van der Waals surface area contributed by atoms with Crippen LogP contribution in [-0.2, 0) is 9.53 Å². The number of aliphatic hydroxyl groups excluding tert-OH is 1. The Balaban J connectivity index is 2.57. The van der Waals surface area contributed by atoms with Crippen LogP contribution in [-0.4, -0.2) is 24.3 Å². The first-order valence-corrected chi connectivity index (χ1v) is 5.14. The Morgan fingerprint density at radius 3 is 2.64 bits per heavy atom. The number of hydrogen-bond donors (Lipinski definition) is 1. The second kappa shape index (κ2) is 5.78. The summed E-state index contributed by atoms with van der Waals surface area (Å²) >= 11 is 3.23. The van der Waals surface area contributed by atoms with E-state index >= 15 is 0 Å². The third-order valence-electron chi connectivity index (χ3n) is 1.63. The molecule has 0 aliphatic rings. The number of hydrogen-bond acceptors (Lipinski definition) is 3. The third kappa shape index (κ3) is 3.12. The van der Waals surface area contributed by atoms with Crippen LogP contribution >= 0.6 is 15.9 Å². The molecule has 0 aliphatic carbocycles. The maximum absolute atomic E-state index is 11.3. The predicted octanol–water partition coefficient (Wildman–Crippen LogP) is 1.66. The van der Waals surface area contributed by atoms with E-state index < -0.39 is 4.83 Å². The van der Waals surface area contributed by atoms with E-state index in [0.29, 0.717) is 0 Å². The Hall–Kier alpha value is -0.870. The van der Waals surface area contributed by atoms with Crippen LogP contribution in [0.2, 0.25) is 0 Å². The molecule has 1 aromatic carbocycles. The maximum atomic E-state index is 11.3. The topological polar surface area (TPSA) is 46.5 Å². The van der Waals surface area contributed by atoms with Gasteiger partial charge >= 0.3 is 5.97 Å². The zero-order chi connectivity index (χ0) is 10.4. The molecule has 0 fully saturated rings. The molecule has 0 aromatic heterocycles. The van der Waals surface area contributed by atoms with Gasteiger partial charge in [0.15, 0.2) is 0 Å². The van der Waals surface area contributed by atoms with E-state index in [0.717, 1.165) is 5.56 Å². The van der Waals surface area contributed by atoms with Crippen LogP contribution in [0.15, 0.2) is 30.3 Å². The van der Waals surface area contributed by atoms with Crippen LogP contribution < -0.4 is 0 Å². The van der Waals surface area contributed by atoms with Gasteiger partial charge in [-0.3, -0.25) is 4.79 Å². The van der Waals surface area contributed by atoms with Gasteiger partial charge in [-0.2, -0.15) is 0 Å². The first kappa shape index (κ1) is 11.2. The Kier molecular flexibility index (Phi) is 4.62. The summed E-state index contributed by atoms with van der Waals surface area (Å²) < 4.78 is 4.77. The van der Waals surface area contributed by atoms with Crippen molar-refractivity contribution in [1.29, 1.82) is 0 Å². The van der Waals surface area contributed by atoms with E-state index in [2.05, 4.69) is 15.9 Å². The van der Waals surface area contributed by atoms with E-state index in [1.807, 2.05) is 30.3 Å². The molecule has 0 heterocycles. The van der Waals surface area contributed by atoms with Gasteiger partial charge in [0.2, 0.25) is 0 Å². The van der Waals surface area contributed by atoms with Gasteiger partial charge in [-0.15, -0.1) is 0 Å². The normalized spacial score (nSPS) is 12.1. The van der Waals surface area contributed by atoms with Crippen molar-refractivity contribution in [2.75, 3.05) is 13.2 Å². The van der Waals surface area contributed by atoms with Crippen molar-refractivity contribution in [3.8, 4) is 0 Å². The standard InChI is InChI=1S/C10H11BrO3/c11-9(10(13)14-7-6-12)8-4-2-1-3-5-8/h1-5,9,12H,6-7H2. The van der Waals surface area contributed by atoms with Crippen LogP contribution in [0.5, 0.6) is 0 Å². The largest absolute Gasteiger partial charge is 0.462 e. The summed E-state index contributed by atoms with van der Waals surface area (Å²) in [5.74, 6) is -0.384. The summed E-state index contributed by atoms with van der Waals surface area (Å²) in [5, 5.41) is 8.47. The average Bonchev–Trinajstić information content (AvgIpc) is 2.26. The smallest absolute Gasteiger partial charge is 0.324 e. The maximum Gasteiger partial charge on any atom is 0.324 e. The van der Waals surface area contributed by atoms with E-state index in [-0.39, 0.29) is 19.2 Å². The van der Waals surface area contributed by atoms with Crippen molar-refractivity contribution >= 4 is 21.9 Å². The Morgan fingerprint density at radius 1 is 1.43 bits per heavy atom. The van der Waals surface area contributed by atoms with Gasteiger partial charge in [-0.25, -0.2) is 0 Å². The highest BCUT2D eigenvalue weighted by Gasteiger charge is 2.17. The molecule has 1 unspecified atom stereocenters. The molecule has 0 saturated heterocycles. The molecule has 0 saturated carbocycles. The van der Waals surface area contributed by atoms with Gasteiger partial charge in [0.25, 0.3) is 0 Å². The Morgan fingerprint density at radius 2 is 2.07 bits per heavy atom. The van der Waals surface area contributed by atoms with Gasteiger partial charge in [-0.1, -0.05) is 46.3 Å². The number of aliphatic hydroxyl groups is 1. The molecule has 14 heavy (non-hydrogen) atoms. The van der Waals surface area contributed by atoms with E-state index in [1.165, 1.54) is 0 Å². The minimum atomic E-state index is -0.463. The Labute approximate surface area is 90.8 Å². The molecule has 3 nitrogen and oxygen atoms in total. The molecule has 76 valence electrons. The number of rotatable bonds is 4. The minimum absolute atomic E-state index is 0.0355. The monoisotopic (exact) mass is 258 g/mol. The number of alkyl halides is 1. The summed E-state index contributed by atoms with van der Waals surface area (Å²) in [6.45, 7) is -0.117. The summed E-state index contributed by atoms with van der Waals surface area (Å²) in [7, 11) is 0. The molecule has 0 amide bonds. The van der Waals surface area contributed by atoms with Crippen molar-refractivity contribution in [1.82, 2.24) is 0 Å².